The Hall–Kier alpha value is 0.0200. The van der Waals surface area contributed by atoms with Gasteiger partial charge in [0.2, 0.25) is 0 Å². The monoisotopic (exact) mass is 214 g/mol. The van der Waals surface area contributed by atoms with E-state index < -0.39 is 0 Å². The van der Waals surface area contributed by atoms with Crippen molar-refractivity contribution < 1.29 is 4.79 Å². The van der Waals surface area contributed by atoms with Crippen LogP contribution in [0, 0.1) is 0 Å². The zero-order valence-electron chi connectivity index (χ0n) is 9.00. The van der Waals surface area contributed by atoms with E-state index >= 15 is 0 Å². The van der Waals surface area contributed by atoms with Crippen LogP contribution in [0.4, 0.5) is 0 Å². The quantitative estimate of drug-likeness (QED) is 0.607. The number of ketones is 1. The lowest BCUT2D eigenvalue weighted by atomic mass is 10.0. The van der Waals surface area contributed by atoms with Gasteiger partial charge in [-0.15, -0.1) is 0 Å². The Balaban J connectivity index is 2.22. The van der Waals surface area contributed by atoms with Crippen LogP contribution in [0.1, 0.15) is 64.2 Å². The number of Topliss-reactive ketones (excluding diaryl/α,β-unsaturated/α-hetero) is 1. The van der Waals surface area contributed by atoms with E-state index in [0.717, 1.165) is 25.7 Å². The fourth-order valence-electron chi connectivity index (χ4n) is 2.03. The molecule has 0 bridgehead atoms. The molecule has 0 N–H and O–H groups in total. The minimum Gasteiger partial charge on any atom is -0.300 e. The highest BCUT2D eigenvalue weighted by atomic mass is 32.1. The summed E-state index contributed by atoms with van der Waals surface area (Å²) in [5, 5.41) is 0.602. The Morgan fingerprint density at radius 2 is 1.36 bits per heavy atom. The maximum Gasteiger partial charge on any atom is 0.132 e. The van der Waals surface area contributed by atoms with Crippen molar-refractivity contribution in [3.05, 3.63) is 0 Å². The third kappa shape index (κ3) is 5.69. The van der Waals surface area contributed by atoms with Crippen LogP contribution >= 0.6 is 12.6 Å². The molecule has 0 radical (unpaired) electrons. The van der Waals surface area contributed by atoms with Gasteiger partial charge in [0, 0.05) is 18.1 Å². The van der Waals surface area contributed by atoms with Gasteiger partial charge < -0.3 is 0 Å². The van der Waals surface area contributed by atoms with Gasteiger partial charge in [0.1, 0.15) is 5.78 Å². The van der Waals surface area contributed by atoms with Gasteiger partial charge in [0.15, 0.2) is 0 Å². The molecular weight excluding hydrogens is 192 g/mol. The average Bonchev–Trinajstić information content (AvgIpc) is 2.14. The number of carbonyl (C=O) groups is 1. The lowest BCUT2D eigenvalue weighted by Gasteiger charge is -2.11. The fraction of sp³-hybridized carbons (Fsp3) is 0.917. The zero-order chi connectivity index (χ0) is 10.2. The van der Waals surface area contributed by atoms with Crippen LogP contribution in [-0.2, 0) is 4.79 Å². The van der Waals surface area contributed by atoms with Crippen LogP contribution in [0.2, 0.25) is 0 Å². The van der Waals surface area contributed by atoms with Crippen molar-refractivity contribution in [3.63, 3.8) is 0 Å². The summed E-state index contributed by atoms with van der Waals surface area (Å²) >= 11 is 4.57. The van der Waals surface area contributed by atoms with E-state index in [1.807, 2.05) is 0 Å². The molecule has 1 aliphatic carbocycles. The SMILES string of the molecule is O=C1CCCCCC(S)CCCCC1. The lowest BCUT2D eigenvalue weighted by Crippen LogP contribution is -2.02. The molecule has 82 valence electrons. The second-order valence-electron chi connectivity index (χ2n) is 4.39. The van der Waals surface area contributed by atoms with Crippen molar-refractivity contribution in [2.45, 2.75) is 69.5 Å². The summed E-state index contributed by atoms with van der Waals surface area (Å²) in [4.78, 5) is 11.3. The summed E-state index contributed by atoms with van der Waals surface area (Å²) < 4.78 is 0. The molecule has 0 aliphatic heterocycles. The molecule has 0 heterocycles. The minimum atomic E-state index is 0.480. The molecule has 0 aromatic heterocycles. The van der Waals surface area contributed by atoms with Crippen molar-refractivity contribution in [3.8, 4) is 0 Å². The normalized spacial score (nSPS) is 23.9. The summed E-state index contributed by atoms with van der Waals surface area (Å²) in [6.07, 6.45) is 11.2. The highest BCUT2D eigenvalue weighted by molar-refractivity contribution is 7.80. The molecule has 0 saturated heterocycles. The van der Waals surface area contributed by atoms with Crippen molar-refractivity contribution in [1.82, 2.24) is 0 Å². The maximum absolute atomic E-state index is 11.3. The van der Waals surface area contributed by atoms with E-state index in [-0.39, 0.29) is 0 Å². The largest absolute Gasteiger partial charge is 0.300 e. The van der Waals surface area contributed by atoms with E-state index in [9.17, 15) is 4.79 Å². The fourth-order valence-corrected chi connectivity index (χ4v) is 2.39. The molecule has 1 saturated carbocycles. The van der Waals surface area contributed by atoms with Gasteiger partial charge in [-0.25, -0.2) is 0 Å². The average molecular weight is 214 g/mol. The molecule has 1 aliphatic rings. The Kier molecular flexibility index (Phi) is 6.33. The minimum absolute atomic E-state index is 0.480. The number of hydrogen-bond acceptors (Lipinski definition) is 2. The third-order valence-electron chi connectivity index (χ3n) is 2.99. The number of rotatable bonds is 0. The summed E-state index contributed by atoms with van der Waals surface area (Å²) in [6, 6.07) is 0. The molecule has 1 rings (SSSR count). The van der Waals surface area contributed by atoms with E-state index in [1.165, 1.54) is 38.5 Å². The molecule has 0 unspecified atom stereocenters. The lowest BCUT2D eigenvalue weighted by molar-refractivity contribution is -0.119. The smallest absolute Gasteiger partial charge is 0.132 e. The van der Waals surface area contributed by atoms with Crippen molar-refractivity contribution >= 4 is 18.4 Å². The number of carbonyl (C=O) groups excluding carboxylic acids is 1. The number of hydrogen-bond donors (Lipinski definition) is 1. The van der Waals surface area contributed by atoms with Crippen molar-refractivity contribution in [1.29, 1.82) is 0 Å². The molecule has 2 heteroatoms. The Bertz CT molecular complexity index is 152. The summed E-state index contributed by atoms with van der Waals surface area (Å²) in [5.74, 6) is 0.480. The van der Waals surface area contributed by atoms with Gasteiger partial charge >= 0.3 is 0 Å². The Morgan fingerprint density at radius 1 is 0.857 bits per heavy atom. The maximum atomic E-state index is 11.3. The van der Waals surface area contributed by atoms with Crippen LogP contribution in [0.15, 0.2) is 0 Å². The Morgan fingerprint density at radius 3 is 1.86 bits per heavy atom. The third-order valence-corrected chi connectivity index (χ3v) is 3.50. The van der Waals surface area contributed by atoms with Crippen molar-refractivity contribution in [2.75, 3.05) is 0 Å². The molecule has 1 fully saturated rings. The second kappa shape index (κ2) is 7.33. The molecular formula is C12H22OS. The molecule has 14 heavy (non-hydrogen) atoms. The molecule has 0 spiro atoms. The van der Waals surface area contributed by atoms with Gasteiger partial charge in [0.25, 0.3) is 0 Å². The Labute approximate surface area is 93.1 Å². The molecule has 0 aromatic carbocycles. The number of thiol groups is 1. The van der Waals surface area contributed by atoms with E-state index in [1.54, 1.807) is 0 Å². The van der Waals surface area contributed by atoms with Crippen LogP contribution in [-0.4, -0.2) is 11.0 Å². The first-order chi connectivity index (χ1) is 6.79. The van der Waals surface area contributed by atoms with Gasteiger partial charge in [-0.1, -0.05) is 25.7 Å². The molecule has 0 amide bonds. The first-order valence-electron chi connectivity index (χ1n) is 5.99. The van der Waals surface area contributed by atoms with Gasteiger partial charge in [-0.3, -0.25) is 4.79 Å². The predicted octanol–water partition coefficient (Wildman–Crippen LogP) is 3.77. The molecule has 0 aromatic rings. The zero-order valence-corrected chi connectivity index (χ0v) is 9.90. The van der Waals surface area contributed by atoms with Crippen LogP contribution in [0.25, 0.3) is 0 Å². The molecule has 0 atom stereocenters. The van der Waals surface area contributed by atoms with Crippen LogP contribution in [0.5, 0.6) is 0 Å². The van der Waals surface area contributed by atoms with E-state index in [2.05, 4.69) is 12.6 Å². The van der Waals surface area contributed by atoms with Gasteiger partial charge in [0.05, 0.1) is 0 Å². The summed E-state index contributed by atoms with van der Waals surface area (Å²) in [5.41, 5.74) is 0. The highest BCUT2D eigenvalue weighted by Gasteiger charge is 2.07. The van der Waals surface area contributed by atoms with Crippen LogP contribution in [0.3, 0.4) is 0 Å². The first-order valence-corrected chi connectivity index (χ1v) is 6.50. The van der Waals surface area contributed by atoms with Gasteiger partial charge in [-0.2, -0.15) is 12.6 Å². The second-order valence-corrected chi connectivity index (χ2v) is 5.12. The highest BCUT2D eigenvalue weighted by Crippen LogP contribution is 2.18. The van der Waals surface area contributed by atoms with Gasteiger partial charge in [-0.05, 0) is 25.7 Å². The standard InChI is InChI=1S/C12H22OS/c13-11-7-3-1-5-9-12(14)10-6-2-4-8-11/h12,14H,1-10H2. The predicted molar refractivity (Wildman–Crippen MR) is 64.0 cm³/mol. The van der Waals surface area contributed by atoms with E-state index in [0.29, 0.717) is 11.0 Å². The molecule has 1 nitrogen and oxygen atoms in total. The van der Waals surface area contributed by atoms with Crippen LogP contribution < -0.4 is 0 Å². The van der Waals surface area contributed by atoms with E-state index in [4.69, 9.17) is 0 Å². The van der Waals surface area contributed by atoms with Crippen molar-refractivity contribution in [2.24, 2.45) is 0 Å². The summed E-state index contributed by atoms with van der Waals surface area (Å²) in [6.45, 7) is 0. The topological polar surface area (TPSA) is 17.1 Å². The summed E-state index contributed by atoms with van der Waals surface area (Å²) in [7, 11) is 0. The first kappa shape index (κ1) is 12.1.